The van der Waals surface area contributed by atoms with Crippen LogP contribution >= 0.6 is 0 Å². The Hall–Kier alpha value is -0.0900. The molecular formula is C14H27NO2S. The average molecular weight is 273 g/mol. The van der Waals surface area contributed by atoms with E-state index in [2.05, 4.69) is 19.2 Å². The average Bonchev–Trinajstić information content (AvgIpc) is 2.66. The molecule has 1 saturated heterocycles. The van der Waals surface area contributed by atoms with Gasteiger partial charge in [0.2, 0.25) is 0 Å². The Balaban J connectivity index is 2.03. The lowest BCUT2D eigenvalue weighted by atomic mass is 9.75. The van der Waals surface area contributed by atoms with E-state index in [9.17, 15) is 8.42 Å². The normalized spacial score (nSPS) is 37.6. The number of sulfone groups is 1. The first-order valence-corrected chi connectivity index (χ1v) is 9.27. The Morgan fingerprint density at radius 3 is 2.56 bits per heavy atom. The minimum absolute atomic E-state index is 0.352. The van der Waals surface area contributed by atoms with Crippen LogP contribution in [0.3, 0.4) is 0 Å². The van der Waals surface area contributed by atoms with Gasteiger partial charge >= 0.3 is 0 Å². The van der Waals surface area contributed by atoms with Gasteiger partial charge in [0.25, 0.3) is 0 Å². The molecule has 1 aliphatic heterocycles. The fraction of sp³-hybridized carbons (Fsp3) is 1.00. The molecule has 106 valence electrons. The van der Waals surface area contributed by atoms with Crippen LogP contribution in [-0.4, -0.2) is 32.5 Å². The number of rotatable bonds is 4. The van der Waals surface area contributed by atoms with E-state index < -0.39 is 9.84 Å². The van der Waals surface area contributed by atoms with Gasteiger partial charge < -0.3 is 5.32 Å². The van der Waals surface area contributed by atoms with E-state index >= 15 is 0 Å². The molecule has 2 rings (SSSR count). The van der Waals surface area contributed by atoms with Crippen molar-refractivity contribution in [1.82, 2.24) is 5.32 Å². The molecule has 0 aromatic rings. The van der Waals surface area contributed by atoms with Crippen molar-refractivity contribution >= 4 is 9.84 Å². The molecule has 18 heavy (non-hydrogen) atoms. The van der Waals surface area contributed by atoms with Crippen molar-refractivity contribution in [2.75, 3.05) is 18.1 Å². The first-order chi connectivity index (χ1) is 8.52. The fourth-order valence-corrected chi connectivity index (χ4v) is 5.72. The van der Waals surface area contributed by atoms with Gasteiger partial charge in [0.1, 0.15) is 0 Å². The zero-order chi connectivity index (χ0) is 13.2. The molecule has 0 amide bonds. The van der Waals surface area contributed by atoms with Gasteiger partial charge in [-0.1, -0.05) is 26.7 Å². The molecule has 1 aliphatic carbocycles. The van der Waals surface area contributed by atoms with Crippen molar-refractivity contribution in [2.45, 2.75) is 52.0 Å². The highest BCUT2D eigenvalue weighted by molar-refractivity contribution is 7.91. The Bertz CT molecular complexity index is 366. The van der Waals surface area contributed by atoms with E-state index in [1.807, 2.05) is 0 Å². The molecule has 0 spiro atoms. The molecule has 4 atom stereocenters. The van der Waals surface area contributed by atoms with Crippen molar-refractivity contribution < 1.29 is 8.42 Å². The van der Waals surface area contributed by atoms with E-state index in [0.717, 1.165) is 18.9 Å². The van der Waals surface area contributed by atoms with Crippen molar-refractivity contribution in [3.63, 3.8) is 0 Å². The molecule has 4 heteroatoms. The summed E-state index contributed by atoms with van der Waals surface area (Å²) in [5.41, 5.74) is 0. The van der Waals surface area contributed by atoms with Crippen LogP contribution in [0.4, 0.5) is 0 Å². The second-order valence-electron chi connectivity index (χ2n) is 6.28. The maximum absolute atomic E-state index is 11.7. The van der Waals surface area contributed by atoms with Gasteiger partial charge in [-0.15, -0.1) is 0 Å². The van der Waals surface area contributed by atoms with Crippen molar-refractivity contribution in [1.29, 1.82) is 0 Å². The summed E-state index contributed by atoms with van der Waals surface area (Å²) in [5.74, 6) is 2.66. The Kier molecular flexibility index (Phi) is 4.70. The van der Waals surface area contributed by atoms with E-state index in [-0.39, 0.29) is 0 Å². The molecule has 0 aromatic heterocycles. The van der Waals surface area contributed by atoms with E-state index in [4.69, 9.17) is 0 Å². The monoisotopic (exact) mass is 273 g/mol. The second-order valence-corrected chi connectivity index (χ2v) is 8.51. The first kappa shape index (κ1) is 14.3. The highest BCUT2D eigenvalue weighted by Gasteiger charge is 2.38. The van der Waals surface area contributed by atoms with Crippen LogP contribution in [-0.2, 0) is 9.84 Å². The van der Waals surface area contributed by atoms with Gasteiger partial charge in [-0.2, -0.15) is 0 Å². The van der Waals surface area contributed by atoms with Crippen molar-refractivity contribution in [2.24, 2.45) is 17.8 Å². The molecule has 0 aromatic carbocycles. The van der Waals surface area contributed by atoms with Gasteiger partial charge in [-0.25, -0.2) is 8.42 Å². The van der Waals surface area contributed by atoms with Gasteiger partial charge in [0.05, 0.1) is 11.5 Å². The zero-order valence-electron chi connectivity index (χ0n) is 11.7. The SMILES string of the molecule is CCNC(C1CCCC(C)C1)C1CCS(=O)(=O)C1. The van der Waals surface area contributed by atoms with Gasteiger partial charge in [0.15, 0.2) is 9.84 Å². The Morgan fingerprint density at radius 2 is 2.00 bits per heavy atom. The smallest absolute Gasteiger partial charge is 0.150 e. The third-order valence-corrected chi connectivity index (χ3v) is 6.49. The van der Waals surface area contributed by atoms with Crippen molar-refractivity contribution in [3.8, 4) is 0 Å². The molecule has 2 aliphatic rings. The summed E-state index contributed by atoms with van der Waals surface area (Å²) >= 11 is 0. The predicted molar refractivity (Wildman–Crippen MR) is 75.3 cm³/mol. The largest absolute Gasteiger partial charge is 0.314 e. The molecule has 4 unspecified atom stereocenters. The number of nitrogens with one attached hydrogen (secondary N) is 1. The van der Waals surface area contributed by atoms with E-state index in [0.29, 0.717) is 29.4 Å². The quantitative estimate of drug-likeness (QED) is 0.854. The lowest BCUT2D eigenvalue weighted by Crippen LogP contribution is -2.44. The number of hydrogen-bond donors (Lipinski definition) is 1. The summed E-state index contributed by atoms with van der Waals surface area (Å²) in [4.78, 5) is 0. The van der Waals surface area contributed by atoms with E-state index in [1.54, 1.807) is 0 Å². The minimum atomic E-state index is -2.75. The first-order valence-electron chi connectivity index (χ1n) is 7.45. The molecule has 1 saturated carbocycles. The van der Waals surface area contributed by atoms with Crippen LogP contribution in [0.1, 0.15) is 46.0 Å². The van der Waals surface area contributed by atoms with Crippen LogP contribution < -0.4 is 5.32 Å². The summed E-state index contributed by atoms with van der Waals surface area (Å²) in [7, 11) is -2.75. The Labute approximate surface area is 112 Å². The second kappa shape index (κ2) is 5.91. The maximum atomic E-state index is 11.7. The molecule has 0 bridgehead atoms. The van der Waals surface area contributed by atoms with Crippen LogP contribution in [0.2, 0.25) is 0 Å². The maximum Gasteiger partial charge on any atom is 0.150 e. The fourth-order valence-electron chi connectivity index (χ4n) is 3.87. The van der Waals surface area contributed by atoms with Gasteiger partial charge in [-0.05, 0) is 43.6 Å². The minimum Gasteiger partial charge on any atom is -0.314 e. The van der Waals surface area contributed by atoms with Crippen LogP contribution in [0.5, 0.6) is 0 Å². The lowest BCUT2D eigenvalue weighted by Gasteiger charge is -2.36. The molecule has 0 radical (unpaired) electrons. The third-order valence-electron chi connectivity index (χ3n) is 4.70. The third kappa shape index (κ3) is 3.47. The van der Waals surface area contributed by atoms with Crippen LogP contribution in [0.25, 0.3) is 0 Å². The zero-order valence-corrected chi connectivity index (χ0v) is 12.5. The molecule has 3 nitrogen and oxygen atoms in total. The standard InChI is InChI=1S/C14H27NO2S/c1-3-15-14(12-6-4-5-11(2)9-12)13-7-8-18(16,17)10-13/h11-15H,3-10H2,1-2H3. The van der Waals surface area contributed by atoms with Crippen molar-refractivity contribution in [3.05, 3.63) is 0 Å². The Morgan fingerprint density at radius 1 is 1.22 bits per heavy atom. The molecular weight excluding hydrogens is 246 g/mol. The van der Waals surface area contributed by atoms with Gasteiger partial charge in [-0.3, -0.25) is 0 Å². The number of hydrogen-bond acceptors (Lipinski definition) is 3. The molecule has 1 heterocycles. The highest BCUT2D eigenvalue weighted by atomic mass is 32.2. The van der Waals surface area contributed by atoms with Crippen LogP contribution in [0.15, 0.2) is 0 Å². The van der Waals surface area contributed by atoms with Gasteiger partial charge in [0, 0.05) is 6.04 Å². The lowest BCUT2D eigenvalue weighted by molar-refractivity contribution is 0.186. The summed E-state index contributed by atoms with van der Waals surface area (Å²) in [6.07, 6.45) is 6.07. The van der Waals surface area contributed by atoms with E-state index in [1.165, 1.54) is 25.7 Å². The topological polar surface area (TPSA) is 46.2 Å². The molecule has 1 N–H and O–H groups in total. The summed E-state index contributed by atoms with van der Waals surface area (Å²) < 4.78 is 23.3. The summed E-state index contributed by atoms with van der Waals surface area (Å²) in [5, 5.41) is 3.59. The predicted octanol–water partition coefficient (Wildman–Crippen LogP) is 2.23. The summed E-state index contributed by atoms with van der Waals surface area (Å²) in [6, 6.07) is 0.426. The van der Waals surface area contributed by atoms with Crippen LogP contribution in [0, 0.1) is 17.8 Å². The summed E-state index contributed by atoms with van der Waals surface area (Å²) in [6.45, 7) is 5.41. The highest BCUT2D eigenvalue weighted by Crippen LogP contribution is 2.36. The molecule has 2 fully saturated rings.